The molecule has 8 rings (SSSR count). The van der Waals surface area contributed by atoms with E-state index in [0.29, 0.717) is 0 Å². The number of pyridine rings is 8. The van der Waals surface area contributed by atoms with Crippen LogP contribution >= 0.6 is 0 Å². The van der Waals surface area contributed by atoms with Crippen molar-refractivity contribution in [2.75, 3.05) is 0 Å². The zero-order valence-corrected chi connectivity index (χ0v) is 47.5. The van der Waals surface area contributed by atoms with E-state index in [1.165, 1.54) is 98.1 Å². The number of carbonyl (C=O) groups is 2. The molecular weight excluding hydrogens is 1320 g/mol. The molecule has 0 aliphatic rings. The van der Waals surface area contributed by atoms with Gasteiger partial charge in [0.2, 0.25) is 0 Å². The molecule has 0 saturated carbocycles. The Balaban J connectivity index is -0.000000211. The third kappa shape index (κ3) is 35.2. The first-order valence-electron chi connectivity index (χ1n) is 20.6. The number of aliphatic carboxylic acids is 2. The van der Waals surface area contributed by atoms with Gasteiger partial charge in [0, 0.05) is 61.5 Å². The molecule has 8 aromatic heterocycles. The monoisotopic (exact) mass is 1360 g/mol. The minimum absolute atomic E-state index is 0. The molecule has 0 spiro atoms. The van der Waals surface area contributed by atoms with Gasteiger partial charge in [0.15, 0.2) is 0 Å². The Morgan fingerprint density at radius 3 is 0.463 bits per heavy atom. The van der Waals surface area contributed by atoms with Crippen LogP contribution < -0.4 is 58.6 Å². The van der Waals surface area contributed by atoms with Gasteiger partial charge < -0.3 is 99.6 Å². The Labute approximate surface area is 514 Å². The summed E-state index contributed by atoms with van der Waals surface area (Å²) in [6.07, 6.45) is 11.7. The standard InChI is InChI=1S/4C11H9N2O2.2C2H4O2.2ClO3.4Co.2H2O/c4*14-11(15,9-5-1-3-7-12-9)10-6-2-4-8-13-10;2*1-2(3)4;2*2-1(3)4;;;;;;/h4*1-8,14H;2*1H3,(H,3,4);;;;;;;2*1H2/q4*-1;;;2*-1;4*+2;;. The first-order valence-corrected chi connectivity index (χ1v) is 22.5. The zero-order valence-electron chi connectivity index (χ0n) is 41.8. The van der Waals surface area contributed by atoms with Gasteiger partial charge in [-0.2, -0.15) is 0 Å². The molecule has 0 bridgehead atoms. The largest absolute Gasteiger partial charge is 2.00 e. The Morgan fingerprint density at radius 1 is 0.317 bits per heavy atom. The van der Waals surface area contributed by atoms with Gasteiger partial charge in [-0.1, -0.05) is 48.5 Å². The fourth-order valence-corrected chi connectivity index (χ4v) is 5.03. The molecule has 8 heterocycles. The normalized spacial score (nSPS) is 9.78. The van der Waals surface area contributed by atoms with Gasteiger partial charge in [-0.25, -0.2) is 0 Å². The second-order valence-electron chi connectivity index (χ2n) is 13.7. The van der Waals surface area contributed by atoms with E-state index in [2.05, 4.69) is 39.9 Å². The molecule has 0 fully saturated rings. The van der Waals surface area contributed by atoms with Gasteiger partial charge in [-0.05, 0) is 111 Å². The summed E-state index contributed by atoms with van der Waals surface area (Å²) in [6.45, 7) is 1.94. The van der Waals surface area contributed by atoms with Crippen molar-refractivity contribution in [2.24, 2.45) is 0 Å². The van der Waals surface area contributed by atoms with E-state index in [4.69, 9.17) is 47.8 Å². The number of hydrogen-bond acceptors (Lipinski definition) is 26. The van der Waals surface area contributed by atoms with Gasteiger partial charge in [0.05, 0.1) is 90.3 Å². The number of rotatable bonds is 8. The van der Waals surface area contributed by atoms with Crippen LogP contribution in [0.5, 0.6) is 0 Å². The van der Waals surface area contributed by atoms with Crippen molar-refractivity contribution < 1.29 is 188 Å². The number of carboxylic acids is 2. The van der Waals surface area contributed by atoms with Crippen LogP contribution in [0.1, 0.15) is 59.4 Å². The molecule has 10 N–H and O–H groups in total. The summed E-state index contributed by atoms with van der Waals surface area (Å²) in [5.74, 6) is -11.7. The molecule has 28 nitrogen and oxygen atoms in total. The predicted molar refractivity (Wildman–Crippen MR) is 237 cm³/mol. The van der Waals surface area contributed by atoms with Crippen LogP contribution in [0.2, 0.25) is 0 Å². The smallest absolute Gasteiger partial charge is 0.819 e. The molecular formula is C48H48Cl2Co4N8O20+2. The summed E-state index contributed by atoms with van der Waals surface area (Å²) in [4.78, 5) is 48.4. The number of aromatic nitrogens is 8. The quantitative estimate of drug-likeness (QED) is 0.0810. The molecule has 4 radical (unpaired) electrons. The van der Waals surface area contributed by atoms with Gasteiger partial charge >= 0.3 is 67.1 Å². The van der Waals surface area contributed by atoms with E-state index in [9.17, 15) is 40.9 Å². The summed E-state index contributed by atoms with van der Waals surface area (Å²) in [7, 11) is -5.70. The van der Waals surface area contributed by atoms with Crippen LogP contribution in [0.25, 0.3) is 0 Å². The van der Waals surface area contributed by atoms with Gasteiger partial charge in [0.1, 0.15) is 0 Å². The van der Waals surface area contributed by atoms with Crippen LogP contribution in [-0.4, -0.2) is 72.2 Å². The van der Waals surface area contributed by atoms with Crippen molar-refractivity contribution in [1.29, 1.82) is 0 Å². The van der Waals surface area contributed by atoms with Gasteiger partial charge in [-0.3, -0.25) is 39.9 Å². The number of carboxylic acid groups (broad SMARTS) is 2. The number of halogens is 2. The zero-order chi connectivity index (χ0) is 57.2. The Morgan fingerprint density at radius 2 is 0.402 bits per heavy atom. The topological polar surface area (TPSA) is 561 Å². The number of nitrogens with zero attached hydrogens (tertiary/aromatic N) is 8. The van der Waals surface area contributed by atoms with Gasteiger partial charge in [0.25, 0.3) is 0 Å². The maximum absolute atomic E-state index is 11.9. The maximum Gasteiger partial charge on any atom is 2.00 e. The van der Waals surface area contributed by atoms with Crippen molar-refractivity contribution in [2.45, 2.75) is 37.0 Å². The third-order valence-corrected chi connectivity index (χ3v) is 8.10. The summed E-state index contributed by atoms with van der Waals surface area (Å²) >= 11 is 0. The van der Waals surface area contributed by atoms with E-state index in [0.717, 1.165) is 13.8 Å². The molecule has 0 aliphatic carbocycles. The molecule has 0 atom stereocenters. The first-order chi connectivity index (χ1) is 35.8. The number of hydrogen-bond donors (Lipinski definition) is 4. The van der Waals surface area contributed by atoms with E-state index in [-0.39, 0.29) is 124 Å². The van der Waals surface area contributed by atoms with Crippen LogP contribution in [0.3, 0.4) is 0 Å². The van der Waals surface area contributed by atoms with Crippen molar-refractivity contribution in [3.05, 3.63) is 241 Å². The average molecular weight is 1360 g/mol. The summed E-state index contributed by atoms with van der Waals surface area (Å²) in [6, 6.07) is 38.4. The molecule has 0 amide bonds. The molecule has 0 unspecified atom stereocenters. The molecule has 34 heteroatoms. The molecule has 0 aliphatic heterocycles. The number of aliphatic hydroxyl groups is 4. The van der Waals surface area contributed by atoms with Crippen molar-refractivity contribution in [1.82, 2.24) is 39.9 Å². The Hall–Kier alpha value is -5.89. The predicted octanol–water partition coefficient (Wildman–Crippen LogP) is -11.4. The van der Waals surface area contributed by atoms with Crippen LogP contribution in [0.15, 0.2) is 195 Å². The average Bonchev–Trinajstić information content (AvgIpc) is 3.40. The van der Waals surface area contributed by atoms with Crippen molar-refractivity contribution >= 4 is 11.9 Å². The molecule has 8 aromatic rings. The molecule has 82 heavy (non-hydrogen) atoms. The van der Waals surface area contributed by atoms with E-state index >= 15 is 0 Å². The van der Waals surface area contributed by atoms with E-state index in [1.807, 2.05) is 0 Å². The third-order valence-electron chi connectivity index (χ3n) is 8.10. The molecule has 0 aromatic carbocycles. The van der Waals surface area contributed by atoms with Crippen LogP contribution in [-0.2, 0) is 111 Å². The van der Waals surface area contributed by atoms with Crippen LogP contribution in [0, 0.1) is 21.6 Å². The van der Waals surface area contributed by atoms with Crippen LogP contribution in [0.4, 0.5) is 0 Å². The Kier molecular flexibility index (Phi) is 49.6. The molecule has 448 valence electrons. The second-order valence-corrected chi connectivity index (χ2v) is 14.4. The van der Waals surface area contributed by atoms with Crippen molar-refractivity contribution in [3.8, 4) is 0 Å². The maximum atomic E-state index is 11.9. The van der Waals surface area contributed by atoms with Crippen molar-refractivity contribution in [3.63, 3.8) is 0 Å². The summed E-state index contributed by atoms with van der Waals surface area (Å²) in [5, 5.41) is 105. The minimum atomic E-state index is -2.85. The summed E-state index contributed by atoms with van der Waals surface area (Å²) in [5.41, 5.74) is 0.361. The van der Waals surface area contributed by atoms with Gasteiger partial charge in [-0.15, -0.1) is 0 Å². The minimum Gasteiger partial charge on any atom is -0.819 e. The first kappa shape index (κ1) is 87.3. The second kappa shape index (κ2) is 46.6. The Bertz CT molecular complexity index is 2240. The van der Waals surface area contributed by atoms with E-state index < -0.39 is 56.7 Å². The summed E-state index contributed by atoms with van der Waals surface area (Å²) < 4.78 is 50.4. The number of carbonyl (C=O) groups excluding carboxylic acids is 2. The fraction of sp³-hybridized carbons (Fsp3) is 0.125. The fourth-order valence-electron chi connectivity index (χ4n) is 5.03. The SMILES string of the molecule is CC(=O)[O-].CC(=O)[O-].[Co+2].[Co+2].[Co+2].[Co+2].[O-]C(O)(c1ccccn1)c1ccccn1.[O-]C(O)(c1ccccn1)c1ccccn1.[O-]C(O)(c1ccccn1)c1ccccn1.[O-]C(O)(c1ccccn1)c1ccccn1.[O-][Cl+2]([O-])[O-].[O-][Cl+2]([O-])[O-].[OH3+].[OH3+]. The molecule has 0 saturated heterocycles. The van der Waals surface area contributed by atoms with E-state index in [1.54, 1.807) is 97.1 Å².